The van der Waals surface area contributed by atoms with Crippen molar-refractivity contribution in [2.75, 3.05) is 20.2 Å². The normalized spacial score (nSPS) is 23.0. The van der Waals surface area contributed by atoms with E-state index in [-0.39, 0.29) is 23.1 Å². The van der Waals surface area contributed by atoms with Crippen LogP contribution in [0.5, 0.6) is 0 Å². The number of piperidine rings is 1. The van der Waals surface area contributed by atoms with Gasteiger partial charge in [0.2, 0.25) is 10.0 Å². The second-order valence-corrected chi connectivity index (χ2v) is 8.96. The lowest BCUT2D eigenvalue weighted by Crippen LogP contribution is -2.40. The molecule has 0 amide bonds. The zero-order valence-electron chi connectivity index (χ0n) is 14.3. The van der Waals surface area contributed by atoms with Crippen molar-refractivity contribution in [2.24, 2.45) is 11.3 Å². The van der Waals surface area contributed by atoms with Crippen molar-refractivity contribution >= 4 is 16.0 Å². The van der Waals surface area contributed by atoms with Crippen molar-refractivity contribution in [3.05, 3.63) is 35.4 Å². The zero-order chi connectivity index (χ0) is 19.2. The maximum atomic E-state index is 12.6. The molecule has 0 radical (unpaired) electrons. The van der Waals surface area contributed by atoms with E-state index < -0.39 is 21.8 Å². The van der Waals surface area contributed by atoms with Crippen molar-refractivity contribution in [2.45, 2.75) is 31.2 Å². The molecule has 1 aliphatic carbocycles. The largest absolute Gasteiger partial charge is 0.469 e. The number of rotatable bonds is 4. The first kappa shape index (κ1) is 19.2. The van der Waals surface area contributed by atoms with Gasteiger partial charge in [-0.05, 0) is 42.4 Å². The summed E-state index contributed by atoms with van der Waals surface area (Å²) in [4.78, 5) is 11.6. The third-order valence-electron chi connectivity index (χ3n) is 5.42. The Bertz CT molecular complexity index is 781. The highest BCUT2D eigenvalue weighted by atomic mass is 32.2. The van der Waals surface area contributed by atoms with Crippen LogP contribution in [0.3, 0.4) is 0 Å². The standard InChI is InChI=1S/C17H20F3NO4S/c1-25-15(22)14-10-16(14)6-8-21(9-7-16)26(23,24)11-12-2-4-13(5-3-12)17(18,19)20/h2-5,14H,6-11H2,1H3/t14-/m1/s1. The minimum atomic E-state index is -4.45. The van der Waals surface area contributed by atoms with Gasteiger partial charge in [-0.2, -0.15) is 13.2 Å². The lowest BCUT2D eigenvalue weighted by atomic mass is 9.92. The molecule has 0 bridgehead atoms. The van der Waals surface area contributed by atoms with Crippen LogP contribution in [0.1, 0.15) is 30.4 Å². The van der Waals surface area contributed by atoms with E-state index in [4.69, 9.17) is 4.74 Å². The maximum absolute atomic E-state index is 12.6. The van der Waals surface area contributed by atoms with Gasteiger partial charge < -0.3 is 4.74 Å². The van der Waals surface area contributed by atoms with Gasteiger partial charge in [0.1, 0.15) is 0 Å². The first-order valence-corrected chi connectivity index (χ1v) is 9.90. The third kappa shape index (κ3) is 3.73. The minimum Gasteiger partial charge on any atom is -0.469 e. The van der Waals surface area contributed by atoms with Gasteiger partial charge in [-0.15, -0.1) is 0 Å². The first-order chi connectivity index (χ1) is 12.1. The number of alkyl halides is 3. The van der Waals surface area contributed by atoms with Crippen molar-refractivity contribution in [3.63, 3.8) is 0 Å². The Kier molecular flexibility index (Phi) is 4.81. The summed E-state index contributed by atoms with van der Waals surface area (Å²) in [5.41, 5.74) is -0.633. The quantitative estimate of drug-likeness (QED) is 0.741. The van der Waals surface area contributed by atoms with Crippen molar-refractivity contribution in [1.29, 1.82) is 0 Å². The number of methoxy groups -OCH3 is 1. The Labute approximate surface area is 150 Å². The molecule has 1 aromatic carbocycles. The van der Waals surface area contributed by atoms with Gasteiger partial charge in [0.05, 0.1) is 24.3 Å². The monoisotopic (exact) mass is 391 g/mol. The van der Waals surface area contributed by atoms with Crippen LogP contribution >= 0.6 is 0 Å². The summed E-state index contributed by atoms with van der Waals surface area (Å²) in [6, 6.07) is 4.17. The number of nitrogens with zero attached hydrogens (tertiary/aromatic N) is 1. The van der Waals surface area contributed by atoms with Crippen molar-refractivity contribution in [3.8, 4) is 0 Å². The first-order valence-electron chi connectivity index (χ1n) is 8.29. The van der Waals surface area contributed by atoms with E-state index >= 15 is 0 Å². The van der Waals surface area contributed by atoms with Crippen LogP contribution in [0.4, 0.5) is 13.2 Å². The fraction of sp³-hybridized carbons (Fsp3) is 0.588. The van der Waals surface area contributed by atoms with Crippen LogP contribution in [-0.2, 0) is 31.5 Å². The van der Waals surface area contributed by atoms with E-state index in [1.54, 1.807) is 0 Å². The molecule has 1 aromatic rings. The predicted octanol–water partition coefficient (Wildman–Crippen LogP) is 2.81. The number of ether oxygens (including phenoxy) is 1. The van der Waals surface area contributed by atoms with Gasteiger partial charge >= 0.3 is 12.1 Å². The van der Waals surface area contributed by atoms with Gasteiger partial charge in [0.25, 0.3) is 0 Å². The molecule has 3 rings (SSSR count). The van der Waals surface area contributed by atoms with Crippen LogP contribution in [-0.4, -0.2) is 38.9 Å². The van der Waals surface area contributed by atoms with E-state index in [2.05, 4.69) is 0 Å². The highest BCUT2D eigenvalue weighted by molar-refractivity contribution is 7.88. The summed E-state index contributed by atoms with van der Waals surface area (Å²) in [7, 11) is -2.27. The number of hydrogen-bond acceptors (Lipinski definition) is 4. The predicted molar refractivity (Wildman–Crippen MR) is 87.4 cm³/mol. The fourth-order valence-corrected chi connectivity index (χ4v) is 5.21. The average molecular weight is 391 g/mol. The van der Waals surface area contributed by atoms with Crippen LogP contribution in [0.2, 0.25) is 0 Å². The molecule has 1 aliphatic heterocycles. The topological polar surface area (TPSA) is 63.7 Å². The lowest BCUT2D eigenvalue weighted by Gasteiger charge is -2.32. The molecule has 1 heterocycles. The Morgan fingerprint density at radius 2 is 1.81 bits per heavy atom. The molecule has 9 heteroatoms. The molecule has 1 spiro atoms. The number of benzene rings is 1. The average Bonchev–Trinajstić information content (AvgIpc) is 3.27. The Balaban J connectivity index is 1.61. The molecule has 2 aliphatic rings. The number of halogens is 3. The summed E-state index contributed by atoms with van der Waals surface area (Å²) in [6.07, 6.45) is -2.52. The van der Waals surface area contributed by atoms with Crippen LogP contribution in [0.15, 0.2) is 24.3 Å². The van der Waals surface area contributed by atoms with E-state index in [0.29, 0.717) is 31.5 Å². The molecular formula is C17H20F3NO4S. The number of carbonyl (C=O) groups excluding carboxylic acids is 1. The zero-order valence-corrected chi connectivity index (χ0v) is 15.1. The SMILES string of the molecule is COC(=O)[C@H]1CC12CCN(S(=O)(=O)Cc1ccc(C(F)(F)F)cc1)CC2. The van der Waals surface area contributed by atoms with Gasteiger partial charge in [-0.1, -0.05) is 12.1 Å². The van der Waals surface area contributed by atoms with Crippen molar-refractivity contribution < 1.29 is 31.1 Å². The number of sulfonamides is 1. The molecule has 0 N–H and O–H groups in total. The molecular weight excluding hydrogens is 371 g/mol. The summed E-state index contributed by atoms with van der Waals surface area (Å²) >= 11 is 0. The number of carbonyl (C=O) groups is 1. The van der Waals surface area contributed by atoms with Crippen LogP contribution in [0.25, 0.3) is 0 Å². The van der Waals surface area contributed by atoms with Gasteiger partial charge in [-0.25, -0.2) is 12.7 Å². The molecule has 144 valence electrons. The Hall–Kier alpha value is -1.61. The third-order valence-corrected chi connectivity index (χ3v) is 7.27. The smallest absolute Gasteiger partial charge is 0.416 e. The molecule has 5 nitrogen and oxygen atoms in total. The molecule has 2 fully saturated rings. The highest BCUT2D eigenvalue weighted by Crippen LogP contribution is 2.60. The fourth-order valence-electron chi connectivity index (χ4n) is 3.68. The van der Waals surface area contributed by atoms with E-state index in [1.807, 2.05) is 0 Å². The van der Waals surface area contributed by atoms with E-state index in [0.717, 1.165) is 18.6 Å². The molecule has 1 saturated carbocycles. The molecule has 1 saturated heterocycles. The lowest BCUT2D eigenvalue weighted by molar-refractivity contribution is -0.143. The maximum Gasteiger partial charge on any atom is 0.416 e. The van der Waals surface area contributed by atoms with Crippen LogP contribution in [0, 0.1) is 11.3 Å². The van der Waals surface area contributed by atoms with Crippen molar-refractivity contribution in [1.82, 2.24) is 4.31 Å². The van der Waals surface area contributed by atoms with Gasteiger partial charge in [0, 0.05) is 13.1 Å². The second kappa shape index (κ2) is 6.53. The molecule has 0 unspecified atom stereocenters. The summed E-state index contributed by atoms with van der Waals surface area (Å²) in [5, 5.41) is 0. The molecule has 1 atom stereocenters. The highest BCUT2D eigenvalue weighted by Gasteiger charge is 2.59. The van der Waals surface area contributed by atoms with E-state index in [1.165, 1.54) is 23.5 Å². The van der Waals surface area contributed by atoms with Crippen LogP contribution < -0.4 is 0 Å². The Morgan fingerprint density at radius 3 is 2.31 bits per heavy atom. The van der Waals surface area contributed by atoms with Gasteiger partial charge in [-0.3, -0.25) is 4.79 Å². The molecule has 26 heavy (non-hydrogen) atoms. The second-order valence-electron chi connectivity index (χ2n) is 6.99. The Morgan fingerprint density at radius 1 is 1.23 bits per heavy atom. The summed E-state index contributed by atoms with van der Waals surface area (Å²) < 4.78 is 69.0. The molecule has 0 aromatic heterocycles. The number of esters is 1. The number of hydrogen-bond donors (Lipinski definition) is 0. The van der Waals surface area contributed by atoms with E-state index in [9.17, 15) is 26.4 Å². The minimum absolute atomic E-state index is 0.145. The summed E-state index contributed by atoms with van der Waals surface area (Å²) in [6.45, 7) is 0.632. The van der Waals surface area contributed by atoms with Gasteiger partial charge in [0.15, 0.2) is 0 Å². The summed E-state index contributed by atoms with van der Waals surface area (Å²) in [5.74, 6) is -0.725.